The van der Waals surface area contributed by atoms with Crippen molar-refractivity contribution >= 4 is 29.3 Å². The molecule has 0 spiro atoms. The number of morpholine rings is 1. The van der Waals surface area contributed by atoms with Gasteiger partial charge >= 0.3 is 5.97 Å². The summed E-state index contributed by atoms with van der Waals surface area (Å²) in [6.07, 6.45) is 2.04. The molecular formula is C24H29NO5S. The van der Waals surface area contributed by atoms with Crippen LogP contribution in [0.3, 0.4) is 0 Å². The van der Waals surface area contributed by atoms with Crippen molar-refractivity contribution in [1.29, 1.82) is 0 Å². The van der Waals surface area contributed by atoms with Gasteiger partial charge in [0.05, 0.1) is 25.9 Å². The molecule has 0 aliphatic carbocycles. The molecule has 1 aliphatic rings. The van der Waals surface area contributed by atoms with Gasteiger partial charge < -0.3 is 9.47 Å². The van der Waals surface area contributed by atoms with E-state index in [0.29, 0.717) is 18.8 Å². The Balaban J connectivity index is 0.000000245. The van der Waals surface area contributed by atoms with Gasteiger partial charge in [0, 0.05) is 29.1 Å². The highest BCUT2D eigenvalue weighted by molar-refractivity contribution is 7.98. The van der Waals surface area contributed by atoms with Crippen LogP contribution in [0.4, 0.5) is 0 Å². The largest absolute Gasteiger partial charge is 0.463 e. The minimum Gasteiger partial charge on any atom is -0.463 e. The summed E-state index contributed by atoms with van der Waals surface area (Å²) < 4.78 is 9.63. The van der Waals surface area contributed by atoms with Crippen molar-refractivity contribution in [2.75, 3.05) is 39.7 Å². The van der Waals surface area contributed by atoms with Gasteiger partial charge in [-0.2, -0.15) is 0 Å². The number of carbonyl (C=O) groups is 3. The van der Waals surface area contributed by atoms with E-state index in [1.54, 1.807) is 42.1 Å². The van der Waals surface area contributed by atoms with Crippen LogP contribution >= 0.6 is 11.8 Å². The van der Waals surface area contributed by atoms with E-state index in [1.807, 2.05) is 44.4 Å². The van der Waals surface area contributed by atoms with Crippen LogP contribution in [0.2, 0.25) is 0 Å². The second kappa shape index (κ2) is 11.8. The van der Waals surface area contributed by atoms with E-state index in [0.717, 1.165) is 18.7 Å². The standard InChI is InChI=1S/C15H21NO2S.C9H8O3/c1-15(2,16-8-10-18-11-9-16)14(17)12-4-6-13(19-3)7-5-12;1-12-9(11)8(10)7-5-3-2-4-6-7/h4-7H,8-11H2,1-3H3;2-6H,1H3. The second-order valence-corrected chi connectivity index (χ2v) is 8.28. The predicted octanol–water partition coefficient (Wildman–Crippen LogP) is 3.74. The minimum absolute atomic E-state index is 0.182. The lowest BCUT2D eigenvalue weighted by Gasteiger charge is -2.39. The summed E-state index contributed by atoms with van der Waals surface area (Å²) in [5, 5.41) is 0. The molecule has 0 radical (unpaired) electrons. The van der Waals surface area contributed by atoms with Gasteiger partial charge in [-0.15, -0.1) is 11.8 Å². The minimum atomic E-state index is -0.832. The van der Waals surface area contributed by atoms with Gasteiger partial charge in [0.15, 0.2) is 5.78 Å². The maximum Gasteiger partial charge on any atom is 0.379 e. The van der Waals surface area contributed by atoms with E-state index < -0.39 is 17.3 Å². The number of ether oxygens (including phenoxy) is 2. The molecule has 7 heteroatoms. The first kappa shape index (κ1) is 24.8. The first-order valence-corrected chi connectivity index (χ1v) is 11.2. The number of rotatable bonds is 6. The van der Waals surface area contributed by atoms with Crippen LogP contribution in [0.15, 0.2) is 59.5 Å². The average molecular weight is 444 g/mol. The van der Waals surface area contributed by atoms with Gasteiger partial charge in [0.2, 0.25) is 0 Å². The van der Waals surface area contributed by atoms with Crippen LogP contribution in [-0.2, 0) is 14.3 Å². The maximum atomic E-state index is 12.7. The van der Waals surface area contributed by atoms with E-state index in [9.17, 15) is 14.4 Å². The predicted molar refractivity (Wildman–Crippen MR) is 122 cm³/mol. The number of carbonyl (C=O) groups excluding carboxylic acids is 3. The molecule has 6 nitrogen and oxygen atoms in total. The van der Waals surface area contributed by atoms with Crippen molar-refractivity contribution in [3.8, 4) is 0 Å². The van der Waals surface area contributed by atoms with Gasteiger partial charge in [-0.25, -0.2) is 4.79 Å². The normalized spacial score (nSPS) is 14.2. The molecule has 0 unspecified atom stereocenters. The molecule has 1 saturated heterocycles. The third kappa shape index (κ3) is 6.75. The molecule has 1 aliphatic heterocycles. The number of hydrogen-bond acceptors (Lipinski definition) is 7. The Labute approximate surface area is 187 Å². The highest BCUT2D eigenvalue weighted by atomic mass is 32.2. The highest BCUT2D eigenvalue weighted by Crippen LogP contribution is 2.23. The zero-order valence-corrected chi connectivity index (χ0v) is 19.2. The summed E-state index contributed by atoms with van der Waals surface area (Å²) in [6.45, 7) is 7.07. The summed E-state index contributed by atoms with van der Waals surface area (Å²) in [5.41, 5.74) is 0.670. The Morgan fingerprint density at radius 1 is 0.935 bits per heavy atom. The van der Waals surface area contributed by atoms with Gasteiger partial charge in [0.1, 0.15) is 0 Å². The number of hydrogen-bond donors (Lipinski definition) is 0. The van der Waals surface area contributed by atoms with E-state index in [2.05, 4.69) is 9.64 Å². The number of benzene rings is 2. The molecule has 166 valence electrons. The van der Waals surface area contributed by atoms with Crippen molar-refractivity contribution in [2.24, 2.45) is 0 Å². The molecule has 0 amide bonds. The molecule has 0 atom stereocenters. The lowest BCUT2D eigenvalue weighted by Crippen LogP contribution is -2.54. The van der Waals surface area contributed by atoms with Crippen molar-refractivity contribution in [3.05, 3.63) is 65.7 Å². The molecule has 2 aromatic rings. The zero-order chi connectivity index (χ0) is 22.9. The number of Topliss-reactive ketones (excluding diaryl/α,β-unsaturated/α-hetero) is 2. The van der Waals surface area contributed by atoms with E-state index >= 15 is 0 Å². The van der Waals surface area contributed by atoms with E-state index in [4.69, 9.17) is 4.74 Å². The number of ketones is 2. The van der Waals surface area contributed by atoms with Crippen LogP contribution in [0.25, 0.3) is 0 Å². The fourth-order valence-corrected chi connectivity index (χ4v) is 3.57. The Bertz CT molecular complexity index is 875. The first-order valence-electron chi connectivity index (χ1n) is 10.0. The van der Waals surface area contributed by atoms with Crippen molar-refractivity contribution in [2.45, 2.75) is 24.3 Å². The summed E-state index contributed by atoms with van der Waals surface area (Å²) >= 11 is 1.69. The van der Waals surface area contributed by atoms with Crippen LogP contribution in [0.1, 0.15) is 34.6 Å². The Morgan fingerprint density at radius 3 is 2.03 bits per heavy atom. The second-order valence-electron chi connectivity index (χ2n) is 7.40. The van der Waals surface area contributed by atoms with Crippen molar-refractivity contribution in [1.82, 2.24) is 4.90 Å². The topological polar surface area (TPSA) is 72.9 Å². The number of methoxy groups -OCH3 is 1. The maximum absolute atomic E-state index is 12.7. The Morgan fingerprint density at radius 2 is 1.52 bits per heavy atom. The molecule has 0 N–H and O–H groups in total. The summed E-state index contributed by atoms with van der Waals surface area (Å²) in [7, 11) is 1.18. The molecule has 2 aromatic carbocycles. The van der Waals surface area contributed by atoms with Crippen LogP contribution in [0.5, 0.6) is 0 Å². The first-order chi connectivity index (χ1) is 14.8. The fourth-order valence-electron chi connectivity index (χ4n) is 3.16. The third-order valence-corrected chi connectivity index (χ3v) is 5.86. The zero-order valence-electron chi connectivity index (χ0n) is 18.4. The lowest BCUT2D eigenvalue weighted by molar-refractivity contribution is -0.135. The van der Waals surface area contributed by atoms with Crippen LogP contribution < -0.4 is 0 Å². The molecule has 1 heterocycles. The summed E-state index contributed by atoms with van der Waals surface area (Å²) in [4.78, 5) is 37.9. The quantitative estimate of drug-likeness (QED) is 0.291. The lowest BCUT2D eigenvalue weighted by atomic mass is 9.91. The fraction of sp³-hybridized carbons (Fsp3) is 0.375. The van der Waals surface area contributed by atoms with Gasteiger partial charge in [0.25, 0.3) is 5.78 Å². The monoisotopic (exact) mass is 443 g/mol. The van der Waals surface area contributed by atoms with Gasteiger partial charge in [-0.3, -0.25) is 14.5 Å². The third-order valence-electron chi connectivity index (χ3n) is 5.12. The molecule has 0 aromatic heterocycles. The van der Waals surface area contributed by atoms with Crippen LogP contribution in [-0.4, -0.2) is 67.6 Å². The number of nitrogens with zero attached hydrogens (tertiary/aromatic N) is 1. The highest BCUT2D eigenvalue weighted by Gasteiger charge is 2.35. The smallest absolute Gasteiger partial charge is 0.379 e. The molecular weight excluding hydrogens is 414 g/mol. The number of esters is 1. The molecule has 1 fully saturated rings. The summed E-state index contributed by atoms with van der Waals surface area (Å²) in [6, 6.07) is 16.2. The van der Waals surface area contributed by atoms with E-state index in [-0.39, 0.29) is 5.78 Å². The SMILES string of the molecule is COC(=O)C(=O)c1ccccc1.CSc1ccc(C(=O)C(C)(C)N2CCOCC2)cc1. The van der Waals surface area contributed by atoms with Crippen molar-refractivity contribution in [3.63, 3.8) is 0 Å². The summed E-state index contributed by atoms with van der Waals surface area (Å²) in [5.74, 6) is -1.26. The van der Waals surface area contributed by atoms with Gasteiger partial charge in [-0.05, 0) is 32.2 Å². The van der Waals surface area contributed by atoms with Crippen LogP contribution in [0, 0.1) is 0 Å². The molecule has 0 saturated carbocycles. The molecule has 31 heavy (non-hydrogen) atoms. The van der Waals surface area contributed by atoms with E-state index in [1.165, 1.54) is 12.0 Å². The average Bonchev–Trinajstić information content (AvgIpc) is 2.84. The number of thioether (sulfide) groups is 1. The Hall–Kier alpha value is -2.48. The molecule has 3 rings (SSSR count). The molecule has 0 bridgehead atoms. The Kier molecular flexibility index (Phi) is 9.43. The van der Waals surface area contributed by atoms with Gasteiger partial charge in [-0.1, -0.05) is 42.5 Å². The van der Waals surface area contributed by atoms with Crippen molar-refractivity contribution < 1.29 is 23.9 Å².